The molecule has 0 amide bonds. The first-order valence-electron chi connectivity index (χ1n) is 6.38. The van der Waals surface area contributed by atoms with Crippen molar-refractivity contribution < 1.29 is 8.42 Å². The highest BCUT2D eigenvalue weighted by Gasteiger charge is 2.25. The van der Waals surface area contributed by atoms with Crippen LogP contribution >= 0.6 is 10.8 Å². The van der Waals surface area contributed by atoms with Gasteiger partial charge in [0.15, 0.2) is 0 Å². The predicted molar refractivity (Wildman–Crippen MR) is 79.0 cm³/mol. The van der Waals surface area contributed by atoms with Gasteiger partial charge in [-0.2, -0.15) is 0 Å². The molecule has 0 aliphatic rings. The summed E-state index contributed by atoms with van der Waals surface area (Å²) in [5.41, 5.74) is 0. The van der Waals surface area contributed by atoms with E-state index in [0.717, 1.165) is 42.9 Å². The Balaban J connectivity index is 4.51. The van der Waals surface area contributed by atoms with Crippen molar-refractivity contribution in [2.75, 3.05) is 6.26 Å². The van der Waals surface area contributed by atoms with Crippen molar-refractivity contribution >= 4 is 19.7 Å². The van der Waals surface area contributed by atoms with Gasteiger partial charge >= 0.3 is 0 Å². The van der Waals surface area contributed by atoms with Gasteiger partial charge in [0, 0.05) is 0 Å². The highest BCUT2D eigenvalue weighted by molar-refractivity contribution is 8.72. The van der Waals surface area contributed by atoms with Crippen LogP contribution in [0.15, 0.2) is 12.2 Å². The molecule has 0 aromatic rings. The molecule has 0 heterocycles. The molecule has 0 unspecified atom stereocenters. The largest absolute Gasteiger partial charge is 0.217 e. The second-order valence-electron chi connectivity index (χ2n) is 4.56. The maximum atomic E-state index is 12.0. The zero-order valence-corrected chi connectivity index (χ0v) is 13.1. The Morgan fingerprint density at radius 2 is 1.94 bits per heavy atom. The van der Waals surface area contributed by atoms with Gasteiger partial charge in [0.2, 0.25) is 8.87 Å². The van der Waals surface area contributed by atoms with Crippen molar-refractivity contribution in [2.24, 2.45) is 5.92 Å². The average Bonchev–Trinajstić information content (AvgIpc) is 2.28. The first-order chi connectivity index (χ1) is 7.97. The monoisotopic (exact) mass is 278 g/mol. The fourth-order valence-electron chi connectivity index (χ4n) is 2.02. The smallest absolute Gasteiger partial charge is 0.204 e. The van der Waals surface area contributed by atoms with Crippen LogP contribution in [0.5, 0.6) is 0 Å². The van der Waals surface area contributed by atoms with Crippen molar-refractivity contribution in [1.82, 2.24) is 0 Å². The minimum atomic E-state index is -2.97. The van der Waals surface area contributed by atoms with Crippen LogP contribution in [-0.4, -0.2) is 19.9 Å². The van der Waals surface area contributed by atoms with Crippen LogP contribution in [0.3, 0.4) is 0 Å². The summed E-state index contributed by atoms with van der Waals surface area (Å²) in [5.74, 6) is 0.498. The maximum absolute atomic E-state index is 12.0. The van der Waals surface area contributed by atoms with Crippen molar-refractivity contribution in [3.8, 4) is 0 Å². The van der Waals surface area contributed by atoms with Crippen LogP contribution in [0, 0.1) is 5.92 Å². The first-order valence-corrected chi connectivity index (χ1v) is 9.67. The van der Waals surface area contributed by atoms with Gasteiger partial charge in [-0.25, -0.2) is 8.42 Å². The molecule has 4 heteroatoms. The third-order valence-corrected chi connectivity index (χ3v) is 6.90. The molecule has 17 heavy (non-hydrogen) atoms. The second kappa shape index (κ2) is 9.03. The summed E-state index contributed by atoms with van der Waals surface area (Å²) in [5, 5.41) is -0.185. The standard InChI is InChI=1S/C13H26O2S2/c1-5-7-8-10-13(17(14,15)16-4)11-12(3)9-6-2/h5,7,12-13H,6,8-11H2,1-4H3/b7-5-/t12-,13+/m0/s1. The van der Waals surface area contributed by atoms with E-state index in [0.29, 0.717) is 5.92 Å². The van der Waals surface area contributed by atoms with Gasteiger partial charge in [-0.3, -0.25) is 0 Å². The Morgan fingerprint density at radius 1 is 1.29 bits per heavy atom. The molecule has 102 valence electrons. The van der Waals surface area contributed by atoms with Gasteiger partial charge in [0.05, 0.1) is 5.25 Å². The van der Waals surface area contributed by atoms with E-state index in [4.69, 9.17) is 0 Å². The van der Waals surface area contributed by atoms with Gasteiger partial charge in [-0.05, 0) is 49.2 Å². The molecule has 0 N–H and O–H groups in total. The van der Waals surface area contributed by atoms with Gasteiger partial charge in [-0.15, -0.1) is 0 Å². The lowest BCUT2D eigenvalue weighted by Crippen LogP contribution is -2.21. The van der Waals surface area contributed by atoms with E-state index in [1.807, 2.05) is 19.1 Å². The van der Waals surface area contributed by atoms with E-state index in [-0.39, 0.29) is 5.25 Å². The zero-order chi connectivity index (χ0) is 13.3. The highest BCUT2D eigenvalue weighted by atomic mass is 33.1. The van der Waals surface area contributed by atoms with Gasteiger partial charge in [0.25, 0.3) is 0 Å². The number of hydrogen-bond donors (Lipinski definition) is 0. The predicted octanol–water partition coefficient (Wildman–Crippen LogP) is 4.23. The first kappa shape index (κ1) is 17.0. The SMILES string of the molecule is C/C=C\CC[C@H](C[C@@H](C)CCC)S(=O)(=O)SC. The van der Waals surface area contributed by atoms with Crippen molar-refractivity contribution in [3.63, 3.8) is 0 Å². The van der Waals surface area contributed by atoms with Crippen LogP contribution in [-0.2, 0) is 8.87 Å². The highest BCUT2D eigenvalue weighted by Crippen LogP contribution is 2.27. The lowest BCUT2D eigenvalue weighted by molar-refractivity contribution is 0.457. The number of rotatable bonds is 9. The van der Waals surface area contributed by atoms with E-state index in [2.05, 4.69) is 13.8 Å². The molecule has 0 spiro atoms. The number of hydrogen-bond acceptors (Lipinski definition) is 3. The summed E-state index contributed by atoms with van der Waals surface area (Å²) >= 11 is 0. The third kappa shape index (κ3) is 7.14. The fraction of sp³-hybridized carbons (Fsp3) is 0.846. The summed E-state index contributed by atoms with van der Waals surface area (Å²) in [6.45, 7) is 6.27. The Labute approximate surface area is 111 Å². The molecule has 0 aromatic heterocycles. The summed E-state index contributed by atoms with van der Waals surface area (Å²) in [6, 6.07) is 0. The molecular formula is C13H26O2S2. The minimum absolute atomic E-state index is 0.185. The van der Waals surface area contributed by atoms with Crippen molar-refractivity contribution in [2.45, 2.75) is 58.1 Å². The molecule has 0 radical (unpaired) electrons. The molecule has 0 saturated carbocycles. The zero-order valence-electron chi connectivity index (χ0n) is 11.5. The lowest BCUT2D eigenvalue weighted by Gasteiger charge is -2.19. The van der Waals surface area contributed by atoms with Gasteiger partial charge < -0.3 is 0 Å². The third-order valence-electron chi connectivity index (χ3n) is 2.98. The Hall–Kier alpha value is 0.0400. The van der Waals surface area contributed by atoms with Gasteiger partial charge in [0.1, 0.15) is 0 Å². The van der Waals surface area contributed by atoms with Crippen LogP contribution in [0.1, 0.15) is 52.9 Å². The molecule has 0 aromatic carbocycles. The Kier molecular flexibility index (Phi) is 9.06. The molecule has 0 saturated heterocycles. The topological polar surface area (TPSA) is 34.1 Å². The molecule has 0 rings (SSSR count). The van der Waals surface area contributed by atoms with E-state index in [9.17, 15) is 8.42 Å². The summed E-state index contributed by atoms with van der Waals surface area (Å²) in [7, 11) is -1.97. The molecule has 0 bridgehead atoms. The summed E-state index contributed by atoms with van der Waals surface area (Å²) in [6.07, 6.45) is 10.4. The lowest BCUT2D eigenvalue weighted by atomic mass is 9.98. The quantitative estimate of drug-likeness (QED) is 0.467. The van der Waals surface area contributed by atoms with E-state index < -0.39 is 8.87 Å². The Morgan fingerprint density at radius 3 is 2.41 bits per heavy atom. The number of allylic oxidation sites excluding steroid dienone is 2. The van der Waals surface area contributed by atoms with E-state index in [1.165, 1.54) is 0 Å². The average molecular weight is 278 g/mol. The minimum Gasteiger partial charge on any atom is -0.217 e. The molecular weight excluding hydrogens is 252 g/mol. The summed E-state index contributed by atoms with van der Waals surface area (Å²) in [4.78, 5) is 0. The van der Waals surface area contributed by atoms with Crippen LogP contribution in [0.25, 0.3) is 0 Å². The van der Waals surface area contributed by atoms with Crippen molar-refractivity contribution in [1.29, 1.82) is 0 Å². The summed E-state index contributed by atoms with van der Waals surface area (Å²) < 4.78 is 23.9. The van der Waals surface area contributed by atoms with Gasteiger partial charge in [-0.1, -0.05) is 38.8 Å². The molecule has 2 nitrogen and oxygen atoms in total. The normalized spacial score (nSPS) is 16.2. The van der Waals surface area contributed by atoms with Crippen LogP contribution in [0.4, 0.5) is 0 Å². The Bertz CT molecular complexity index is 307. The molecule has 0 aliphatic heterocycles. The fourth-order valence-corrected chi connectivity index (χ4v) is 4.63. The molecule has 2 atom stereocenters. The van der Waals surface area contributed by atoms with Crippen LogP contribution < -0.4 is 0 Å². The van der Waals surface area contributed by atoms with Crippen LogP contribution in [0.2, 0.25) is 0 Å². The van der Waals surface area contributed by atoms with E-state index in [1.54, 1.807) is 6.26 Å². The maximum Gasteiger partial charge on any atom is 0.204 e. The molecule has 0 fully saturated rings. The second-order valence-corrected chi connectivity index (χ2v) is 8.94. The molecule has 0 aliphatic carbocycles. The van der Waals surface area contributed by atoms with E-state index >= 15 is 0 Å². The van der Waals surface area contributed by atoms with Crippen molar-refractivity contribution in [3.05, 3.63) is 12.2 Å².